The topological polar surface area (TPSA) is 58.0 Å². The maximum Gasteiger partial charge on any atom is 0.182 e. The zero-order chi connectivity index (χ0) is 40.6. The first kappa shape index (κ1) is 36.8. The molecule has 10 aromatic rings. The van der Waals surface area contributed by atoms with Crippen LogP contribution in [-0.2, 0) is 0 Å². The first-order chi connectivity index (χ1) is 30.3. The Morgan fingerprint density at radius 3 is 0.984 bits per heavy atom. The van der Waals surface area contributed by atoms with Gasteiger partial charge in [0.1, 0.15) is 23.3 Å². The van der Waals surface area contributed by atoms with Crippen molar-refractivity contribution in [2.45, 2.75) is 0 Å². The standard InChI is InChI=1S/C52H36N6S2Si/c1-3-15-41(16-4-1)61(42-17-5-2-6-18-42)45-35-43(37-23-27-39(28-24-37)57(47-19-7-11-31-53-47)48-20-8-12-32-54-48)59-51(45)52-46(61)36-44(60-52)38-25-29-40(30-26-38)58(49-21-9-13-33-55-49)50-22-10-14-34-56-50/h1-36H. The second kappa shape index (κ2) is 15.7. The number of hydrogen-bond acceptors (Lipinski definition) is 8. The molecule has 0 fully saturated rings. The zero-order valence-electron chi connectivity index (χ0n) is 32.8. The van der Waals surface area contributed by atoms with Gasteiger partial charge in [0.25, 0.3) is 0 Å². The first-order valence-electron chi connectivity index (χ1n) is 20.1. The van der Waals surface area contributed by atoms with Gasteiger partial charge in [0.15, 0.2) is 8.07 Å². The van der Waals surface area contributed by atoms with E-state index in [1.165, 1.54) is 51.4 Å². The van der Waals surface area contributed by atoms with Crippen molar-refractivity contribution in [2.24, 2.45) is 0 Å². The fraction of sp³-hybridized carbons (Fsp3) is 0. The molecule has 0 saturated heterocycles. The highest BCUT2D eigenvalue weighted by molar-refractivity contribution is 7.35. The molecule has 7 heterocycles. The molecule has 6 aromatic heterocycles. The van der Waals surface area contributed by atoms with E-state index in [1.807, 2.05) is 120 Å². The highest BCUT2D eigenvalue weighted by atomic mass is 32.1. The molecule has 0 atom stereocenters. The van der Waals surface area contributed by atoms with Crippen molar-refractivity contribution in [1.82, 2.24) is 19.9 Å². The Balaban J connectivity index is 1.03. The van der Waals surface area contributed by atoms with Gasteiger partial charge in [0.2, 0.25) is 0 Å². The predicted molar refractivity (Wildman–Crippen MR) is 256 cm³/mol. The number of thiophene rings is 2. The molecule has 0 saturated carbocycles. The van der Waals surface area contributed by atoms with Crippen LogP contribution in [0.3, 0.4) is 0 Å². The van der Waals surface area contributed by atoms with Gasteiger partial charge in [-0.3, -0.25) is 9.80 Å². The van der Waals surface area contributed by atoms with E-state index >= 15 is 0 Å². The van der Waals surface area contributed by atoms with E-state index in [-0.39, 0.29) is 0 Å². The van der Waals surface area contributed by atoms with Gasteiger partial charge in [0.05, 0.1) is 0 Å². The summed E-state index contributed by atoms with van der Waals surface area (Å²) in [6, 6.07) is 69.0. The van der Waals surface area contributed by atoms with Gasteiger partial charge in [-0.25, -0.2) is 19.9 Å². The largest absolute Gasteiger partial charge is 0.279 e. The number of nitrogens with zero attached hydrogens (tertiary/aromatic N) is 6. The molecule has 0 bridgehead atoms. The number of benzene rings is 4. The SMILES string of the molecule is c1ccc([Si]2(c3ccccc3)c3cc(-c4ccc(N(c5ccccn5)c5ccccn5)cc4)sc3-c3sc(-c4ccc(N(c5ccccn5)c5ccccn5)cc4)cc32)cc1. The van der Waals surface area contributed by atoms with Crippen LogP contribution in [0.5, 0.6) is 0 Å². The van der Waals surface area contributed by atoms with Crippen molar-refractivity contribution in [2.75, 3.05) is 9.80 Å². The molecule has 0 spiro atoms. The Kier molecular flexibility index (Phi) is 9.46. The average Bonchev–Trinajstić information content (AvgIpc) is 4.04. The maximum atomic E-state index is 4.69. The lowest BCUT2D eigenvalue weighted by molar-refractivity contribution is 1.12. The molecule has 0 aliphatic carbocycles. The molecule has 61 heavy (non-hydrogen) atoms. The van der Waals surface area contributed by atoms with E-state index in [4.69, 9.17) is 0 Å². The van der Waals surface area contributed by atoms with Gasteiger partial charge < -0.3 is 0 Å². The molecule has 0 amide bonds. The van der Waals surface area contributed by atoms with Gasteiger partial charge in [-0.1, -0.05) is 109 Å². The van der Waals surface area contributed by atoms with Crippen molar-refractivity contribution >= 4 is 86.1 Å². The van der Waals surface area contributed by atoms with Gasteiger partial charge in [0, 0.05) is 55.7 Å². The third-order valence-corrected chi connectivity index (χ3v) is 18.9. The quantitative estimate of drug-likeness (QED) is 0.128. The molecular formula is C52H36N6S2Si. The van der Waals surface area contributed by atoms with E-state index in [0.29, 0.717) is 0 Å². The van der Waals surface area contributed by atoms with Crippen LogP contribution >= 0.6 is 22.7 Å². The normalized spacial score (nSPS) is 12.4. The van der Waals surface area contributed by atoms with Crippen molar-refractivity contribution in [1.29, 1.82) is 0 Å². The van der Waals surface area contributed by atoms with Crippen LogP contribution < -0.4 is 30.5 Å². The van der Waals surface area contributed by atoms with Crippen molar-refractivity contribution in [3.63, 3.8) is 0 Å². The Morgan fingerprint density at radius 2 is 0.672 bits per heavy atom. The Hall–Kier alpha value is -7.30. The molecule has 4 aromatic carbocycles. The number of fused-ring (bicyclic) bond motifs is 3. The molecule has 0 N–H and O–H groups in total. The highest BCUT2D eigenvalue weighted by Crippen LogP contribution is 2.45. The van der Waals surface area contributed by atoms with E-state index in [0.717, 1.165) is 34.6 Å². The number of aromatic nitrogens is 4. The van der Waals surface area contributed by atoms with E-state index in [1.54, 1.807) is 0 Å². The summed E-state index contributed by atoms with van der Waals surface area (Å²) in [6.45, 7) is 0. The van der Waals surface area contributed by atoms with Crippen molar-refractivity contribution in [3.8, 4) is 30.6 Å². The first-order valence-corrected chi connectivity index (χ1v) is 23.7. The fourth-order valence-electron chi connectivity index (χ4n) is 8.53. The lowest BCUT2D eigenvalue weighted by Gasteiger charge is -2.30. The molecule has 11 rings (SSSR count). The van der Waals surface area contributed by atoms with E-state index in [2.05, 4.69) is 151 Å². The summed E-state index contributed by atoms with van der Waals surface area (Å²) in [4.78, 5) is 28.2. The Morgan fingerprint density at radius 1 is 0.344 bits per heavy atom. The summed E-state index contributed by atoms with van der Waals surface area (Å²) in [5.74, 6) is 3.28. The third kappa shape index (κ3) is 6.47. The van der Waals surface area contributed by atoms with Gasteiger partial charge in [-0.05, 0) is 117 Å². The average molecular weight is 837 g/mol. The molecule has 1 aliphatic heterocycles. The minimum Gasteiger partial charge on any atom is -0.279 e. The summed E-state index contributed by atoms with van der Waals surface area (Å²) in [5, 5.41) is 5.70. The summed E-state index contributed by atoms with van der Waals surface area (Å²) >= 11 is 3.83. The second-order valence-electron chi connectivity index (χ2n) is 14.7. The monoisotopic (exact) mass is 836 g/mol. The van der Waals surface area contributed by atoms with Crippen LogP contribution in [-0.4, -0.2) is 28.0 Å². The van der Waals surface area contributed by atoms with Crippen LogP contribution in [0.25, 0.3) is 30.6 Å². The minimum absolute atomic E-state index is 0.819. The smallest absolute Gasteiger partial charge is 0.182 e. The summed E-state index contributed by atoms with van der Waals surface area (Å²) in [5.41, 5.74) is 4.38. The van der Waals surface area contributed by atoms with Gasteiger partial charge in [-0.15, -0.1) is 22.7 Å². The third-order valence-electron chi connectivity index (χ3n) is 11.2. The van der Waals surface area contributed by atoms with Gasteiger partial charge in [-0.2, -0.15) is 0 Å². The second-order valence-corrected chi connectivity index (χ2v) is 20.5. The lowest BCUT2D eigenvalue weighted by atomic mass is 10.1. The van der Waals surface area contributed by atoms with Crippen molar-refractivity contribution < 1.29 is 0 Å². The molecule has 0 unspecified atom stereocenters. The summed E-state index contributed by atoms with van der Waals surface area (Å²) < 4.78 is 0. The van der Waals surface area contributed by atoms with Crippen LogP contribution in [0.15, 0.2) is 219 Å². The molecule has 6 nitrogen and oxygen atoms in total. The summed E-state index contributed by atoms with van der Waals surface area (Å²) in [7, 11) is -2.71. The number of hydrogen-bond donors (Lipinski definition) is 0. The number of anilines is 6. The van der Waals surface area contributed by atoms with Crippen LogP contribution in [0.4, 0.5) is 34.6 Å². The van der Waals surface area contributed by atoms with Crippen LogP contribution in [0.2, 0.25) is 0 Å². The van der Waals surface area contributed by atoms with E-state index in [9.17, 15) is 0 Å². The Labute approximate surface area is 363 Å². The molecule has 290 valence electrons. The Bertz CT molecular complexity index is 2770. The minimum atomic E-state index is -2.71. The highest BCUT2D eigenvalue weighted by Gasteiger charge is 2.51. The van der Waals surface area contributed by atoms with Crippen LogP contribution in [0.1, 0.15) is 0 Å². The molecule has 1 aliphatic rings. The zero-order valence-corrected chi connectivity index (χ0v) is 35.4. The van der Waals surface area contributed by atoms with E-state index < -0.39 is 8.07 Å². The fourth-order valence-corrected chi connectivity index (χ4v) is 17.3. The molecule has 0 radical (unpaired) electrons. The van der Waals surface area contributed by atoms with Crippen molar-refractivity contribution in [3.05, 3.63) is 219 Å². The molecular weight excluding hydrogens is 801 g/mol. The molecule has 9 heteroatoms. The number of rotatable bonds is 10. The summed E-state index contributed by atoms with van der Waals surface area (Å²) in [6.07, 6.45) is 7.29. The predicted octanol–water partition coefficient (Wildman–Crippen LogP) is 11.0. The maximum absolute atomic E-state index is 4.69. The lowest BCUT2D eigenvalue weighted by Crippen LogP contribution is -2.72. The van der Waals surface area contributed by atoms with Gasteiger partial charge >= 0.3 is 0 Å². The number of pyridine rings is 4. The van der Waals surface area contributed by atoms with Crippen LogP contribution in [0, 0.1) is 0 Å².